The second-order valence-electron chi connectivity index (χ2n) is 8.70. The highest BCUT2D eigenvalue weighted by Gasteiger charge is 2.35. The van der Waals surface area contributed by atoms with Crippen molar-refractivity contribution in [1.82, 2.24) is 4.90 Å². The highest BCUT2D eigenvalue weighted by molar-refractivity contribution is 6.30. The molecule has 1 saturated carbocycles. The zero-order chi connectivity index (χ0) is 20.7. The molecule has 3 aliphatic rings. The number of rotatable bonds is 3. The SMILES string of the molecule is O=C(CN1CCC[C@H]2CCCC[C@@H]21)Nc1cccc2c1C(=O)c1ccccc1C2=O. The van der Waals surface area contributed by atoms with E-state index in [9.17, 15) is 14.4 Å². The van der Waals surface area contributed by atoms with E-state index in [1.807, 2.05) is 0 Å². The summed E-state index contributed by atoms with van der Waals surface area (Å²) in [5.74, 6) is 0.216. The minimum Gasteiger partial charge on any atom is -0.324 e. The molecule has 2 atom stereocenters. The lowest BCUT2D eigenvalue weighted by atomic mass is 9.78. The van der Waals surface area contributed by atoms with Crippen LogP contribution in [0.15, 0.2) is 42.5 Å². The Morgan fingerprint density at radius 2 is 1.57 bits per heavy atom. The molecule has 5 heteroatoms. The highest BCUT2D eigenvalue weighted by atomic mass is 16.2. The van der Waals surface area contributed by atoms with Crippen molar-refractivity contribution >= 4 is 23.2 Å². The number of nitrogens with one attached hydrogen (secondary N) is 1. The van der Waals surface area contributed by atoms with Crippen molar-refractivity contribution in [3.8, 4) is 0 Å². The van der Waals surface area contributed by atoms with E-state index in [0.717, 1.165) is 13.0 Å². The van der Waals surface area contributed by atoms with Gasteiger partial charge in [0.05, 0.1) is 17.8 Å². The van der Waals surface area contributed by atoms with Crippen molar-refractivity contribution < 1.29 is 14.4 Å². The van der Waals surface area contributed by atoms with E-state index in [1.54, 1.807) is 42.5 Å². The van der Waals surface area contributed by atoms with E-state index >= 15 is 0 Å². The zero-order valence-electron chi connectivity index (χ0n) is 17.0. The maximum absolute atomic E-state index is 13.1. The zero-order valence-corrected chi connectivity index (χ0v) is 17.0. The number of benzene rings is 2. The molecule has 0 aromatic heterocycles. The van der Waals surface area contributed by atoms with Crippen LogP contribution in [-0.4, -0.2) is 41.5 Å². The first-order valence-electron chi connectivity index (χ1n) is 11.0. The summed E-state index contributed by atoms with van der Waals surface area (Å²) < 4.78 is 0. The van der Waals surface area contributed by atoms with Crippen LogP contribution in [0.25, 0.3) is 0 Å². The van der Waals surface area contributed by atoms with Gasteiger partial charge in [-0.2, -0.15) is 0 Å². The van der Waals surface area contributed by atoms with Gasteiger partial charge in [0.1, 0.15) is 0 Å². The van der Waals surface area contributed by atoms with Crippen LogP contribution >= 0.6 is 0 Å². The molecule has 1 aliphatic heterocycles. The second-order valence-corrected chi connectivity index (χ2v) is 8.70. The maximum atomic E-state index is 13.1. The molecular weight excluding hydrogens is 376 g/mol. The number of hydrogen-bond donors (Lipinski definition) is 1. The average Bonchev–Trinajstić information content (AvgIpc) is 2.77. The monoisotopic (exact) mass is 402 g/mol. The van der Waals surface area contributed by atoms with Crippen molar-refractivity contribution in [2.75, 3.05) is 18.4 Å². The molecular formula is C25H26N2O3. The van der Waals surface area contributed by atoms with E-state index < -0.39 is 0 Å². The normalized spacial score (nSPS) is 23.3. The van der Waals surface area contributed by atoms with Gasteiger partial charge in [-0.05, 0) is 44.2 Å². The Hall–Kier alpha value is -2.79. The predicted octanol–water partition coefficient (Wildman–Crippen LogP) is 4.06. The van der Waals surface area contributed by atoms with Gasteiger partial charge in [-0.15, -0.1) is 0 Å². The number of fused-ring (bicyclic) bond motifs is 3. The Kier molecular flexibility index (Phi) is 4.99. The maximum Gasteiger partial charge on any atom is 0.238 e. The molecule has 5 rings (SSSR count). The third-order valence-corrected chi connectivity index (χ3v) is 6.93. The molecule has 1 N–H and O–H groups in total. The smallest absolute Gasteiger partial charge is 0.238 e. The van der Waals surface area contributed by atoms with Gasteiger partial charge in [-0.3, -0.25) is 19.3 Å². The first-order valence-corrected chi connectivity index (χ1v) is 11.0. The van der Waals surface area contributed by atoms with Crippen LogP contribution in [0.4, 0.5) is 5.69 Å². The summed E-state index contributed by atoms with van der Waals surface area (Å²) in [6.45, 7) is 1.29. The van der Waals surface area contributed by atoms with Gasteiger partial charge in [-0.25, -0.2) is 0 Å². The first kappa shape index (κ1) is 19.2. The molecule has 1 heterocycles. The van der Waals surface area contributed by atoms with Crippen LogP contribution in [0.3, 0.4) is 0 Å². The van der Waals surface area contributed by atoms with E-state index in [2.05, 4.69) is 10.2 Å². The standard InChI is InChI=1S/C25H26N2O3/c28-22(15-27-14-6-8-16-7-1-4-13-21(16)27)26-20-12-5-11-19-23(20)25(30)18-10-3-2-9-17(18)24(19)29/h2-3,5,9-12,16,21H,1,4,6-8,13-15H2,(H,26,28)/t16-,21+/m1/s1. The largest absolute Gasteiger partial charge is 0.324 e. The van der Waals surface area contributed by atoms with Gasteiger partial charge < -0.3 is 5.32 Å². The number of nitrogens with zero attached hydrogens (tertiary/aromatic N) is 1. The third-order valence-electron chi connectivity index (χ3n) is 6.93. The van der Waals surface area contributed by atoms with Crippen LogP contribution in [-0.2, 0) is 4.79 Å². The van der Waals surface area contributed by atoms with Gasteiger partial charge >= 0.3 is 0 Å². The number of amides is 1. The van der Waals surface area contributed by atoms with Crippen LogP contribution < -0.4 is 5.32 Å². The Labute approximate surface area is 176 Å². The van der Waals surface area contributed by atoms with E-state index in [0.29, 0.717) is 46.4 Å². The van der Waals surface area contributed by atoms with E-state index in [4.69, 9.17) is 0 Å². The lowest BCUT2D eigenvalue weighted by Gasteiger charge is -2.43. The molecule has 30 heavy (non-hydrogen) atoms. The number of carbonyl (C=O) groups is 3. The van der Waals surface area contributed by atoms with E-state index in [1.165, 1.54) is 32.1 Å². The summed E-state index contributed by atoms with van der Waals surface area (Å²) in [6, 6.07) is 12.5. The van der Waals surface area contributed by atoms with Crippen molar-refractivity contribution in [3.05, 3.63) is 64.7 Å². The predicted molar refractivity (Wildman–Crippen MR) is 115 cm³/mol. The number of piperidine rings is 1. The third kappa shape index (κ3) is 3.27. The number of carbonyl (C=O) groups excluding carboxylic acids is 3. The van der Waals surface area contributed by atoms with Gasteiger partial charge in [0.25, 0.3) is 0 Å². The molecule has 2 aromatic carbocycles. The van der Waals surface area contributed by atoms with Crippen molar-refractivity contribution in [2.45, 2.75) is 44.6 Å². The average molecular weight is 402 g/mol. The number of anilines is 1. The summed E-state index contributed by atoms with van der Waals surface area (Å²) in [5, 5.41) is 2.94. The van der Waals surface area contributed by atoms with Crippen LogP contribution in [0.2, 0.25) is 0 Å². The van der Waals surface area contributed by atoms with Gasteiger partial charge in [0.2, 0.25) is 5.91 Å². The fourth-order valence-corrected chi connectivity index (χ4v) is 5.55. The fourth-order valence-electron chi connectivity index (χ4n) is 5.55. The Bertz CT molecular complexity index is 1030. The lowest BCUT2D eigenvalue weighted by Crippen LogP contribution is -2.49. The molecule has 2 aliphatic carbocycles. The van der Waals surface area contributed by atoms with Crippen LogP contribution in [0.1, 0.15) is 70.4 Å². The van der Waals surface area contributed by atoms with Gasteiger partial charge in [0, 0.05) is 22.7 Å². The van der Waals surface area contributed by atoms with Crippen molar-refractivity contribution in [3.63, 3.8) is 0 Å². The van der Waals surface area contributed by atoms with Crippen molar-refractivity contribution in [2.24, 2.45) is 5.92 Å². The Morgan fingerprint density at radius 3 is 2.40 bits per heavy atom. The molecule has 2 fully saturated rings. The van der Waals surface area contributed by atoms with Crippen molar-refractivity contribution in [1.29, 1.82) is 0 Å². The summed E-state index contributed by atoms with van der Waals surface area (Å²) in [7, 11) is 0. The second kappa shape index (κ2) is 7.80. The molecule has 1 saturated heterocycles. The minimum absolute atomic E-state index is 0.117. The number of hydrogen-bond acceptors (Lipinski definition) is 4. The quantitative estimate of drug-likeness (QED) is 0.718. The fraction of sp³-hybridized carbons (Fsp3) is 0.400. The molecule has 2 aromatic rings. The number of ketones is 2. The summed E-state index contributed by atoms with van der Waals surface area (Å²) in [4.78, 5) is 41.3. The summed E-state index contributed by atoms with van der Waals surface area (Å²) >= 11 is 0. The lowest BCUT2D eigenvalue weighted by molar-refractivity contribution is -0.118. The summed E-state index contributed by atoms with van der Waals surface area (Å²) in [5.41, 5.74) is 1.93. The molecule has 0 bridgehead atoms. The topological polar surface area (TPSA) is 66.5 Å². The Morgan fingerprint density at radius 1 is 0.867 bits per heavy atom. The van der Waals surface area contributed by atoms with Crippen LogP contribution in [0.5, 0.6) is 0 Å². The molecule has 0 spiro atoms. The number of likely N-dealkylation sites (tertiary alicyclic amines) is 1. The highest BCUT2D eigenvalue weighted by Crippen LogP contribution is 2.35. The molecule has 1 amide bonds. The van der Waals surface area contributed by atoms with E-state index in [-0.39, 0.29) is 17.5 Å². The first-order chi connectivity index (χ1) is 14.6. The molecule has 5 nitrogen and oxygen atoms in total. The van der Waals surface area contributed by atoms with Gasteiger partial charge in [-0.1, -0.05) is 49.2 Å². The van der Waals surface area contributed by atoms with Crippen LogP contribution in [0, 0.1) is 5.92 Å². The summed E-state index contributed by atoms with van der Waals surface area (Å²) in [6.07, 6.45) is 7.38. The Balaban J connectivity index is 1.38. The van der Waals surface area contributed by atoms with Gasteiger partial charge in [0.15, 0.2) is 11.6 Å². The molecule has 0 radical (unpaired) electrons. The minimum atomic E-state index is -0.207. The molecule has 154 valence electrons. The molecule has 0 unspecified atom stereocenters.